The number of H-pyrrole nitrogens is 1. The van der Waals surface area contributed by atoms with Gasteiger partial charge in [0.25, 0.3) is 5.91 Å². The Morgan fingerprint density at radius 1 is 1.03 bits per heavy atom. The number of rotatable bonds is 6. The number of hydrogen-bond donors (Lipinski definition) is 4. The van der Waals surface area contributed by atoms with Gasteiger partial charge in [-0.2, -0.15) is 0 Å². The molecule has 0 aliphatic rings. The van der Waals surface area contributed by atoms with Crippen LogP contribution in [0.4, 0.5) is 5.69 Å². The van der Waals surface area contributed by atoms with Crippen molar-refractivity contribution in [1.82, 2.24) is 20.3 Å². The minimum absolute atomic E-state index is 0.278. The molecule has 0 saturated carbocycles. The average molecular weight is 400 g/mol. The molecule has 4 aromatic rings. The zero-order valence-corrected chi connectivity index (χ0v) is 16.0. The molecule has 4 rings (SSSR count). The van der Waals surface area contributed by atoms with Crippen LogP contribution in [-0.4, -0.2) is 32.8 Å². The van der Waals surface area contributed by atoms with Gasteiger partial charge in [0.15, 0.2) is 0 Å². The van der Waals surface area contributed by atoms with Crippen LogP contribution in [0.15, 0.2) is 67.0 Å². The Bertz CT molecular complexity index is 1200. The maximum atomic E-state index is 12.7. The van der Waals surface area contributed by atoms with E-state index in [2.05, 4.69) is 20.3 Å². The fourth-order valence-corrected chi connectivity index (χ4v) is 3.15. The van der Waals surface area contributed by atoms with Crippen LogP contribution in [0, 0.1) is 0 Å². The predicted molar refractivity (Wildman–Crippen MR) is 114 cm³/mol. The van der Waals surface area contributed by atoms with Crippen LogP contribution in [-0.2, 0) is 11.2 Å². The van der Waals surface area contributed by atoms with Crippen molar-refractivity contribution in [2.75, 3.05) is 5.73 Å². The van der Waals surface area contributed by atoms with E-state index in [1.54, 1.807) is 54.9 Å². The second-order valence-corrected chi connectivity index (χ2v) is 6.93. The summed E-state index contributed by atoms with van der Waals surface area (Å²) in [5.41, 5.74) is 15.4. The molecule has 1 unspecified atom stereocenters. The monoisotopic (exact) mass is 400 g/mol. The van der Waals surface area contributed by atoms with Gasteiger partial charge in [0.2, 0.25) is 5.91 Å². The quantitative estimate of drug-likeness (QED) is 0.367. The summed E-state index contributed by atoms with van der Waals surface area (Å²) in [7, 11) is 0. The Labute approximate surface area is 172 Å². The molecule has 2 aromatic carbocycles. The van der Waals surface area contributed by atoms with Crippen molar-refractivity contribution >= 4 is 28.5 Å². The molecular weight excluding hydrogens is 380 g/mol. The third kappa shape index (κ3) is 4.12. The fraction of sp³-hybridized carbons (Fsp3) is 0.0909. The molecule has 2 amide bonds. The van der Waals surface area contributed by atoms with Crippen molar-refractivity contribution in [2.45, 2.75) is 12.5 Å². The highest BCUT2D eigenvalue weighted by molar-refractivity contribution is 6.00. The van der Waals surface area contributed by atoms with E-state index < -0.39 is 17.9 Å². The average Bonchev–Trinajstić information content (AvgIpc) is 3.18. The first-order chi connectivity index (χ1) is 14.5. The Morgan fingerprint density at radius 2 is 1.77 bits per heavy atom. The molecule has 0 radical (unpaired) electrons. The molecule has 150 valence electrons. The van der Waals surface area contributed by atoms with Crippen molar-refractivity contribution in [2.24, 2.45) is 5.73 Å². The number of nitrogens with zero attached hydrogens (tertiary/aromatic N) is 2. The molecule has 8 heteroatoms. The number of pyridine rings is 1. The number of nitrogen functional groups attached to an aromatic ring is 1. The van der Waals surface area contributed by atoms with Gasteiger partial charge in [-0.05, 0) is 48.0 Å². The van der Waals surface area contributed by atoms with Gasteiger partial charge in [0.05, 0.1) is 11.0 Å². The van der Waals surface area contributed by atoms with Gasteiger partial charge < -0.3 is 21.8 Å². The minimum Gasteiger partial charge on any atom is -0.399 e. The van der Waals surface area contributed by atoms with Gasteiger partial charge in [-0.15, -0.1) is 0 Å². The van der Waals surface area contributed by atoms with E-state index >= 15 is 0 Å². The second kappa shape index (κ2) is 8.04. The van der Waals surface area contributed by atoms with E-state index in [1.165, 1.54) is 0 Å². The molecule has 30 heavy (non-hydrogen) atoms. The molecule has 1 atom stereocenters. The minimum atomic E-state index is -0.842. The van der Waals surface area contributed by atoms with E-state index in [0.717, 1.165) is 16.6 Å². The molecule has 0 saturated heterocycles. The lowest BCUT2D eigenvalue weighted by Crippen LogP contribution is -2.45. The molecule has 6 N–H and O–H groups in total. The standard InChI is InChI=1S/C22H20N6O2/c23-16-4-1-13(2-5-16)11-19(20(24)29)28-22(30)15-3-6-17-18(12-15)27-21(26-17)14-7-9-25-10-8-14/h1-10,12,19H,11,23H2,(H2,24,29)(H,26,27)(H,28,30). The van der Waals surface area contributed by atoms with Gasteiger partial charge in [-0.1, -0.05) is 12.1 Å². The van der Waals surface area contributed by atoms with Gasteiger partial charge >= 0.3 is 0 Å². The van der Waals surface area contributed by atoms with Crippen molar-refractivity contribution < 1.29 is 9.59 Å². The highest BCUT2D eigenvalue weighted by atomic mass is 16.2. The van der Waals surface area contributed by atoms with Crippen molar-refractivity contribution in [3.8, 4) is 11.4 Å². The van der Waals surface area contributed by atoms with Crippen molar-refractivity contribution in [3.63, 3.8) is 0 Å². The SMILES string of the molecule is NC(=O)C(Cc1ccc(N)cc1)NC(=O)c1ccc2nc(-c3ccncc3)[nH]c2c1. The lowest BCUT2D eigenvalue weighted by Gasteiger charge is -2.16. The Kier molecular flexibility index (Phi) is 5.13. The van der Waals surface area contributed by atoms with Crippen LogP contribution in [0.1, 0.15) is 15.9 Å². The normalized spacial score (nSPS) is 11.9. The third-order valence-electron chi connectivity index (χ3n) is 4.77. The fourth-order valence-electron chi connectivity index (χ4n) is 3.15. The zero-order valence-electron chi connectivity index (χ0n) is 16.0. The maximum absolute atomic E-state index is 12.7. The number of aromatic nitrogens is 3. The third-order valence-corrected chi connectivity index (χ3v) is 4.77. The molecule has 0 spiro atoms. The van der Waals surface area contributed by atoms with Crippen LogP contribution in [0.5, 0.6) is 0 Å². The van der Waals surface area contributed by atoms with E-state index in [-0.39, 0.29) is 6.42 Å². The topological polar surface area (TPSA) is 140 Å². The van der Waals surface area contributed by atoms with Crippen LogP contribution < -0.4 is 16.8 Å². The van der Waals surface area contributed by atoms with Crippen LogP contribution >= 0.6 is 0 Å². The Hall–Kier alpha value is -4.20. The number of nitrogens with two attached hydrogens (primary N) is 2. The molecule has 2 heterocycles. The molecule has 8 nitrogen and oxygen atoms in total. The lowest BCUT2D eigenvalue weighted by molar-refractivity contribution is -0.119. The number of amides is 2. The summed E-state index contributed by atoms with van der Waals surface area (Å²) in [5.74, 6) is -0.317. The Balaban J connectivity index is 1.54. The smallest absolute Gasteiger partial charge is 0.252 e. The first-order valence-corrected chi connectivity index (χ1v) is 9.34. The van der Waals surface area contributed by atoms with Crippen LogP contribution in [0.2, 0.25) is 0 Å². The zero-order chi connectivity index (χ0) is 21.1. The Morgan fingerprint density at radius 3 is 2.47 bits per heavy atom. The van der Waals surface area contributed by atoms with Crippen molar-refractivity contribution in [3.05, 3.63) is 78.1 Å². The van der Waals surface area contributed by atoms with Crippen molar-refractivity contribution in [1.29, 1.82) is 0 Å². The molecule has 2 aromatic heterocycles. The van der Waals surface area contributed by atoms with E-state index in [0.29, 0.717) is 22.6 Å². The van der Waals surface area contributed by atoms with Gasteiger partial charge in [0.1, 0.15) is 11.9 Å². The predicted octanol–water partition coefficient (Wildman–Crippen LogP) is 2.03. The second-order valence-electron chi connectivity index (χ2n) is 6.93. The summed E-state index contributed by atoms with van der Waals surface area (Å²) in [6.45, 7) is 0. The number of carbonyl (C=O) groups excluding carboxylic acids is 2. The molecule has 0 aliphatic carbocycles. The number of hydrogen-bond acceptors (Lipinski definition) is 5. The number of fused-ring (bicyclic) bond motifs is 1. The first kappa shape index (κ1) is 19.1. The summed E-state index contributed by atoms with van der Waals surface area (Å²) >= 11 is 0. The highest BCUT2D eigenvalue weighted by Crippen LogP contribution is 2.21. The summed E-state index contributed by atoms with van der Waals surface area (Å²) in [6, 6.07) is 15.0. The number of aromatic amines is 1. The number of imidazole rings is 1. The van der Waals surface area contributed by atoms with Gasteiger partial charge in [0, 0.05) is 35.6 Å². The van der Waals surface area contributed by atoms with E-state index in [1.807, 2.05) is 12.1 Å². The summed E-state index contributed by atoms with van der Waals surface area (Å²) < 4.78 is 0. The molecule has 0 aliphatic heterocycles. The number of nitrogens with one attached hydrogen (secondary N) is 2. The largest absolute Gasteiger partial charge is 0.399 e. The van der Waals surface area contributed by atoms with E-state index in [4.69, 9.17) is 11.5 Å². The number of carbonyl (C=O) groups is 2. The lowest BCUT2D eigenvalue weighted by atomic mass is 10.0. The van der Waals surface area contributed by atoms with Crippen LogP contribution in [0.3, 0.4) is 0 Å². The number of primary amides is 1. The van der Waals surface area contributed by atoms with Crippen LogP contribution in [0.25, 0.3) is 22.4 Å². The maximum Gasteiger partial charge on any atom is 0.252 e. The highest BCUT2D eigenvalue weighted by Gasteiger charge is 2.20. The molecule has 0 bridgehead atoms. The summed E-state index contributed by atoms with van der Waals surface area (Å²) in [6.07, 6.45) is 3.65. The first-order valence-electron chi connectivity index (χ1n) is 9.34. The van der Waals surface area contributed by atoms with Gasteiger partial charge in [-0.25, -0.2) is 4.98 Å². The summed E-state index contributed by atoms with van der Waals surface area (Å²) in [4.78, 5) is 36.4. The number of benzene rings is 2. The van der Waals surface area contributed by atoms with Gasteiger partial charge in [-0.3, -0.25) is 14.6 Å². The van der Waals surface area contributed by atoms with E-state index in [9.17, 15) is 9.59 Å². The summed E-state index contributed by atoms with van der Waals surface area (Å²) in [5, 5.41) is 2.71. The molecular formula is C22H20N6O2. The molecule has 0 fully saturated rings. The number of anilines is 1.